The van der Waals surface area contributed by atoms with Gasteiger partial charge in [-0.15, -0.1) is 0 Å². The molecule has 2 nitrogen and oxygen atoms in total. The van der Waals surface area contributed by atoms with E-state index in [1.165, 1.54) is 0 Å². The Morgan fingerprint density at radius 1 is 1.15 bits per heavy atom. The van der Waals surface area contributed by atoms with Crippen molar-refractivity contribution in [1.29, 1.82) is 0 Å². The first-order chi connectivity index (χ1) is 5.95. The summed E-state index contributed by atoms with van der Waals surface area (Å²) in [7, 11) is 0. The molecule has 0 rings (SSSR count). The van der Waals surface area contributed by atoms with Crippen molar-refractivity contribution in [3.8, 4) is 0 Å². The van der Waals surface area contributed by atoms with Crippen LogP contribution in [0.5, 0.6) is 0 Å². The number of rotatable bonds is 6. The SMILES string of the molecule is CCC(O)(CC)CNC(C)C(C)C. The van der Waals surface area contributed by atoms with Crippen LogP contribution in [-0.2, 0) is 0 Å². The Balaban J connectivity index is 3.85. The lowest BCUT2D eigenvalue weighted by Gasteiger charge is -2.28. The number of hydrogen-bond acceptors (Lipinski definition) is 2. The molecule has 13 heavy (non-hydrogen) atoms. The average Bonchev–Trinajstić information content (AvgIpc) is 2.13. The Morgan fingerprint density at radius 2 is 1.62 bits per heavy atom. The van der Waals surface area contributed by atoms with Gasteiger partial charge in [0.25, 0.3) is 0 Å². The third-order valence-electron chi connectivity index (χ3n) is 3.07. The van der Waals surface area contributed by atoms with Gasteiger partial charge in [-0.2, -0.15) is 0 Å². The zero-order valence-electron chi connectivity index (χ0n) is 9.72. The van der Waals surface area contributed by atoms with Crippen molar-refractivity contribution >= 4 is 0 Å². The molecular weight excluding hydrogens is 162 g/mol. The highest BCUT2D eigenvalue weighted by Gasteiger charge is 2.22. The van der Waals surface area contributed by atoms with E-state index < -0.39 is 5.60 Å². The number of hydrogen-bond donors (Lipinski definition) is 2. The van der Waals surface area contributed by atoms with Crippen LogP contribution in [0.3, 0.4) is 0 Å². The highest BCUT2D eigenvalue weighted by molar-refractivity contribution is 4.79. The van der Waals surface area contributed by atoms with E-state index >= 15 is 0 Å². The summed E-state index contributed by atoms with van der Waals surface area (Å²) in [4.78, 5) is 0. The lowest BCUT2D eigenvalue weighted by Crippen LogP contribution is -2.44. The minimum absolute atomic E-state index is 0.477. The second-order valence-corrected chi connectivity index (χ2v) is 4.35. The van der Waals surface area contributed by atoms with Gasteiger partial charge < -0.3 is 10.4 Å². The van der Waals surface area contributed by atoms with Gasteiger partial charge in [-0.1, -0.05) is 27.7 Å². The zero-order valence-corrected chi connectivity index (χ0v) is 9.72. The molecule has 80 valence electrons. The van der Waals surface area contributed by atoms with Crippen LogP contribution < -0.4 is 5.32 Å². The van der Waals surface area contributed by atoms with Gasteiger partial charge in [0.05, 0.1) is 5.60 Å². The maximum absolute atomic E-state index is 10.00. The molecule has 0 heterocycles. The molecule has 1 atom stereocenters. The van der Waals surface area contributed by atoms with Crippen LogP contribution in [0.1, 0.15) is 47.5 Å². The molecule has 0 amide bonds. The Morgan fingerprint density at radius 3 is 1.92 bits per heavy atom. The summed E-state index contributed by atoms with van der Waals surface area (Å²) in [5.41, 5.74) is -0.511. The third kappa shape index (κ3) is 4.63. The summed E-state index contributed by atoms with van der Waals surface area (Å²) in [6.45, 7) is 11.3. The second kappa shape index (κ2) is 5.61. The van der Waals surface area contributed by atoms with Crippen LogP contribution in [0.25, 0.3) is 0 Å². The van der Waals surface area contributed by atoms with E-state index in [4.69, 9.17) is 0 Å². The molecule has 0 aliphatic carbocycles. The maximum Gasteiger partial charge on any atom is 0.0766 e. The number of aliphatic hydroxyl groups is 1. The Hall–Kier alpha value is -0.0800. The van der Waals surface area contributed by atoms with Gasteiger partial charge in [-0.3, -0.25) is 0 Å². The third-order valence-corrected chi connectivity index (χ3v) is 3.07. The second-order valence-electron chi connectivity index (χ2n) is 4.35. The van der Waals surface area contributed by atoms with Gasteiger partial charge in [0, 0.05) is 12.6 Å². The molecule has 0 saturated carbocycles. The van der Waals surface area contributed by atoms with Gasteiger partial charge in [-0.05, 0) is 25.7 Å². The molecule has 0 aliphatic heterocycles. The minimum Gasteiger partial charge on any atom is -0.389 e. The van der Waals surface area contributed by atoms with E-state index in [0.29, 0.717) is 18.5 Å². The summed E-state index contributed by atoms with van der Waals surface area (Å²) < 4.78 is 0. The predicted octanol–water partition coefficient (Wildman–Crippen LogP) is 2.17. The van der Waals surface area contributed by atoms with Crippen LogP contribution in [-0.4, -0.2) is 23.3 Å². The van der Waals surface area contributed by atoms with Crippen molar-refractivity contribution in [1.82, 2.24) is 5.32 Å². The van der Waals surface area contributed by atoms with Crippen molar-refractivity contribution in [3.63, 3.8) is 0 Å². The molecule has 0 radical (unpaired) electrons. The minimum atomic E-state index is -0.511. The first-order valence-corrected chi connectivity index (χ1v) is 5.41. The highest BCUT2D eigenvalue weighted by Crippen LogP contribution is 2.13. The van der Waals surface area contributed by atoms with Gasteiger partial charge in [0.2, 0.25) is 0 Å². The van der Waals surface area contributed by atoms with Crippen molar-refractivity contribution < 1.29 is 5.11 Å². The summed E-state index contributed by atoms with van der Waals surface area (Å²) in [5.74, 6) is 0.623. The topological polar surface area (TPSA) is 32.3 Å². The summed E-state index contributed by atoms with van der Waals surface area (Å²) in [6.07, 6.45) is 1.64. The van der Waals surface area contributed by atoms with E-state index in [2.05, 4.69) is 26.1 Å². The van der Waals surface area contributed by atoms with E-state index in [-0.39, 0.29) is 0 Å². The molecule has 1 unspecified atom stereocenters. The average molecular weight is 187 g/mol. The molecule has 0 aromatic rings. The molecule has 0 aromatic carbocycles. The van der Waals surface area contributed by atoms with Crippen LogP contribution in [0.4, 0.5) is 0 Å². The van der Waals surface area contributed by atoms with Crippen LogP contribution in [0.15, 0.2) is 0 Å². The first-order valence-electron chi connectivity index (χ1n) is 5.41. The lowest BCUT2D eigenvalue weighted by atomic mass is 9.96. The molecule has 0 aliphatic rings. The lowest BCUT2D eigenvalue weighted by molar-refractivity contribution is 0.0290. The smallest absolute Gasteiger partial charge is 0.0766 e. The van der Waals surface area contributed by atoms with Crippen molar-refractivity contribution in [2.24, 2.45) is 5.92 Å². The fraction of sp³-hybridized carbons (Fsp3) is 1.00. The molecule has 0 bridgehead atoms. The van der Waals surface area contributed by atoms with E-state index in [1.807, 2.05) is 13.8 Å². The Bertz CT molecular complexity index is 130. The summed E-state index contributed by atoms with van der Waals surface area (Å²) in [6, 6.07) is 0.477. The van der Waals surface area contributed by atoms with Crippen LogP contribution >= 0.6 is 0 Å². The molecule has 0 saturated heterocycles. The molecule has 0 fully saturated rings. The molecule has 2 N–H and O–H groups in total. The van der Waals surface area contributed by atoms with Gasteiger partial charge in [-0.25, -0.2) is 0 Å². The molecule has 2 heteroatoms. The van der Waals surface area contributed by atoms with Crippen LogP contribution in [0.2, 0.25) is 0 Å². The van der Waals surface area contributed by atoms with Gasteiger partial charge in [0.1, 0.15) is 0 Å². The van der Waals surface area contributed by atoms with E-state index in [0.717, 1.165) is 12.8 Å². The normalized spacial score (nSPS) is 15.0. The van der Waals surface area contributed by atoms with Gasteiger partial charge >= 0.3 is 0 Å². The van der Waals surface area contributed by atoms with Crippen LogP contribution in [0, 0.1) is 5.92 Å². The first kappa shape index (κ1) is 12.9. The summed E-state index contributed by atoms with van der Waals surface area (Å²) >= 11 is 0. The van der Waals surface area contributed by atoms with Crippen molar-refractivity contribution in [3.05, 3.63) is 0 Å². The molecule has 0 aromatic heterocycles. The van der Waals surface area contributed by atoms with E-state index in [9.17, 15) is 5.11 Å². The Kier molecular flexibility index (Phi) is 5.57. The zero-order chi connectivity index (χ0) is 10.5. The highest BCUT2D eigenvalue weighted by atomic mass is 16.3. The fourth-order valence-electron chi connectivity index (χ4n) is 1.09. The number of nitrogens with one attached hydrogen (secondary N) is 1. The Labute approximate surface area is 82.7 Å². The van der Waals surface area contributed by atoms with Crippen molar-refractivity contribution in [2.45, 2.75) is 59.1 Å². The summed E-state index contributed by atoms with van der Waals surface area (Å²) in [5, 5.41) is 13.4. The standard InChI is InChI=1S/C11H25NO/c1-6-11(13,7-2)8-12-10(5)9(3)4/h9-10,12-13H,6-8H2,1-5H3. The molecule has 0 spiro atoms. The maximum atomic E-state index is 10.00. The monoisotopic (exact) mass is 187 g/mol. The predicted molar refractivity (Wildman–Crippen MR) is 57.8 cm³/mol. The van der Waals surface area contributed by atoms with Gasteiger partial charge in [0.15, 0.2) is 0 Å². The van der Waals surface area contributed by atoms with Crippen molar-refractivity contribution in [2.75, 3.05) is 6.54 Å². The van der Waals surface area contributed by atoms with E-state index in [1.54, 1.807) is 0 Å². The quantitative estimate of drug-likeness (QED) is 0.668. The molecular formula is C11H25NO. The fourth-order valence-corrected chi connectivity index (χ4v) is 1.09. The largest absolute Gasteiger partial charge is 0.389 e.